The molecule has 0 saturated carbocycles. The maximum absolute atomic E-state index is 13.5. The van der Waals surface area contributed by atoms with Crippen LogP contribution in [0.4, 0.5) is 5.82 Å². The van der Waals surface area contributed by atoms with Crippen LogP contribution in [0.15, 0.2) is 9.70 Å². The van der Waals surface area contributed by atoms with Crippen LogP contribution in [0.25, 0.3) is 6.08 Å². The summed E-state index contributed by atoms with van der Waals surface area (Å²) in [5.41, 5.74) is 0.813. The fourth-order valence-corrected chi connectivity index (χ4v) is 7.09. The number of carbonyl (C=O) groups excluding carboxylic acids is 2. The molecule has 0 N–H and O–H groups in total. The van der Waals surface area contributed by atoms with Crippen LogP contribution < -0.4 is 10.5 Å². The molecule has 1 aromatic heterocycles. The van der Waals surface area contributed by atoms with Gasteiger partial charge in [0.05, 0.1) is 17.4 Å². The van der Waals surface area contributed by atoms with Crippen molar-refractivity contribution in [1.82, 2.24) is 9.47 Å². The van der Waals surface area contributed by atoms with E-state index in [9.17, 15) is 19.6 Å². The van der Waals surface area contributed by atoms with Crippen molar-refractivity contribution in [3.8, 4) is 6.07 Å². The lowest BCUT2D eigenvalue weighted by atomic mass is 9.96. The molecule has 0 spiro atoms. The maximum Gasteiger partial charge on any atom is 0.310 e. The van der Waals surface area contributed by atoms with Crippen molar-refractivity contribution in [2.75, 3.05) is 31.1 Å². The van der Waals surface area contributed by atoms with Crippen LogP contribution in [-0.4, -0.2) is 51.9 Å². The van der Waals surface area contributed by atoms with Crippen LogP contribution in [0.2, 0.25) is 0 Å². The van der Waals surface area contributed by atoms with Crippen molar-refractivity contribution < 1.29 is 14.3 Å². The molecule has 3 heterocycles. The minimum atomic E-state index is -0.395. The zero-order valence-corrected chi connectivity index (χ0v) is 27.3. The van der Waals surface area contributed by atoms with Crippen LogP contribution in [0.1, 0.15) is 108 Å². The van der Waals surface area contributed by atoms with Gasteiger partial charge in [0, 0.05) is 32.2 Å². The number of aromatic nitrogens is 1. The number of thioether (sulfide) groups is 1. The van der Waals surface area contributed by atoms with E-state index in [0.717, 1.165) is 19.3 Å². The molecule has 42 heavy (non-hydrogen) atoms. The Bertz CT molecular complexity index is 1270. The molecule has 1 unspecified atom stereocenters. The van der Waals surface area contributed by atoms with Crippen molar-refractivity contribution in [2.24, 2.45) is 13.0 Å². The van der Waals surface area contributed by atoms with E-state index in [1.54, 1.807) is 31.9 Å². The summed E-state index contributed by atoms with van der Waals surface area (Å²) >= 11 is 6.86. The predicted octanol–water partition coefficient (Wildman–Crippen LogP) is 6.47. The minimum absolute atomic E-state index is 0.0484. The standard InChI is InChI=1S/C32H46N4O4S2/c1-5-7-8-9-10-11-12-13-14-15-19-36-30(38)27(42-32(36)41)20-25-23(3)26(21-33)29(37)34(4)28(25)35-18-16-17-24(22-35)31(39)40-6-2/h20,24H,5-19,22H2,1-4H3. The van der Waals surface area contributed by atoms with Gasteiger partial charge in [0.25, 0.3) is 11.5 Å². The normalized spacial score (nSPS) is 18.2. The molecule has 1 amide bonds. The van der Waals surface area contributed by atoms with Crippen LogP contribution in [-0.2, 0) is 21.4 Å². The molecule has 1 aromatic rings. The highest BCUT2D eigenvalue weighted by molar-refractivity contribution is 8.26. The summed E-state index contributed by atoms with van der Waals surface area (Å²) in [5.74, 6) is -0.0871. The van der Waals surface area contributed by atoms with Crippen molar-refractivity contribution in [3.63, 3.8) is 0 Å². The van der Waals surface area contributed by atoms with E-state index in [1.807, 2.05) is 4.90 Å². The van der Waals surface area contributed by atoms with Crippen LogP contribution in [0.3, 0.4) is 0 Å². The quantitative estimate of drug-likeness (QED) is 0.0961. The van der Waals surface area contributed by atoms with Crippen molar-refractivity contribution in [1.29, 1.82) is 5.26 Å². The Hall–Kier alpha value is -2.64. The number of rotatable bonds is 15. The van der Waals surface area contributed by atoms with E-state index in [1.165, 1.54) is 67.7 Å². The Balaban J connectivity index is 1.75. The number of carbonyl (C=O) groups is 2. The molecule has 2 fully saturated rings. The number of hydrogen-bond acceptors (Lipinski definition) is 8. The number of nitrogens with zero attached hydrogens (tertiary/aromatic N) is 4. The topological polar surface area (TPSA) is 95.6 Å². The summed E-state index contributed by atoms with van der Waals surface area (Å²) in [5, 5.41) is 9.78. The lowest BCUT2D eigenvalue weighted by molar-refractivity contribution is -0.148. The third kappa shape index (κ3) is 8.47. The second kappa shape index (κ2) is 16.9. The first-order valence-corrected chi connectivity index (χ1v) is 16.8. The Kier molecular flexibility index (Phi) is 13.6. The average Bonchev–Trinajstić information content (AvgIpc) is 3.24. The van der Waals surface area contributed by atoms with Crippen LogP contribution in [0, 0.1) is 24.2 Å². The number of anilines is 1. The van der Waals surface area contributed by atoms with Gasteiger partial charge >= 0.3 is 5.97 Å². The summed E-state index contributed by atoms with van der Waals surface area (Å²) in [6.45, 7) is 7.72. The molecule has 1 atom stereocenters. The first-order valence-electron chi connectivity index (χ1n) is 15.6. The molecular weight excluding hydrogens is 569 g/mol. The lowest BCUT2D eigenvalue weighted by Crippen LogP contribution is -2.42. The molecule has 2 aliphatic heterocycles. The fourth-order valence-electron chi connectivity index (χ4n) is 5.80. The lowest BCUT2D eigenvalue weighted by Gasteiger charge is -2.35. The Morgan fingerprint density at radius 3 is 2.36 bits per heavy atom. The van der Waals surface area contributed by atoms with Gasteiger partial charge in [-0.25, -0.2) is 0 Å². The maximum atomic E-state index is 13.5. The van der Waals surface area contributed by atoms with Crippen molar-refractivity contribution >= 4 is 52.1 Å². The summed E-state index contributed by atoms with van der Waals surface area (Å²) in [6, 6.07) is 2.05. The molecule has 10 heteroatoms. The highest BCUT2D eigenvalue weighted by atomic mass is 32.2. The smallest absolute Gasteiger partial charge is 0.310 e. The van der Waals surface area contributed by atoms with Gasteiger partial charge in [-0.1, -0.05) is 88.7 Å². The molecule has 0 radical (unpaired) electrons. The monoisotopic (exact) mass is 614 g/mol. The number of unbranched alkanes of at least 4 members (excludes halogenated alkanes) is 9. The van der Waals surface area contributed by atoms with E-state index in [2.05, 4.69) is 13.0 Å². The Morgan fingerprint density at radius 2 is 1.74 bits per heavy atom. The van der Waals surface area contributed by atoms with Gasteiger partial charge in [-0.3, -0.25) is 23.9 Å². The van der Waals surface area contributed by atoms with E-state index < -0.39 is 5.56 Å². The number of ether oxygens (including phenoxy) is 1. The van der Waals surface area contributed by atoms with Crippen LogP contribution in [0.5, 0.6) is 0 Å². The van der Waals surface area contributed by atoms with Gasteiger partial charge in [0.1, 0.15) is 21.8 Å². The molecule has 0 bridgehead atoms. The molecule has 3 rings (SSSR count). The van der Waals surface area contributed by atoms with Gasteiger partial charge in [-0.2, -0.15) is 5.26 Å². The van der Waals surface area contributed by atoms with Gasteiger partial charge in [0.2, 0.25) is 0 Å². The first-order chi connectivity index (χ1) is 20.2. The van der Waals surface area contributed by atoms with Crippen molar-refractivity contribution in [3.05, 3.63) is 31.9 Å². The van der Waals surface area contributed by atoms with E-state index in [0.29, 0.717) is 58.8 Å². The largest absolute Gasteiger partial charge is 0.466 e. The highest BCUT2D eigenvalue weighted by Gasteiger charge is 2.34. The molecule has 2 aliphatic rings. The molecule has 0 aromatic carbocycles. The molecule has 230 valence electrons. The second-order valence-corrected chi connectivity index (χ2v) is 12.9. The number of thiocarbonyl (C=S) groups is 1. The van der Waals surface area contributed by atoms with Crippen LogP contribution >= 0.6 is 24.0 Å². The zero-order valence-electron chi connectivity index (χ0n) is 25.7. The first kappa shape index (κ1) is 33.9. The third-order valence-electron chi connectivity index (χ3n) is 8.19. The number of hydrogen-bond donors (Lipinski definition) is 0. The molecule has 8 nitrogen and oxygen atoms in total. The molecule has 0 aliphatic carbocycles. The van der Waals surface area contributed by atoms with E-state index >= 15 is 0 Å². The number of pyridine rings is 1. The van der Waals surface area contributed by atoms with Gasteiger partial charge in [0.15, 0.2) is 0 Å². The summed E-state index contributed by atoms with van der Waals surface area (Å²) in [4.78, 5) is 43.3. The zero-order chi connectivity index (χ0) is 30.6. The third-order valence-corrected chi connectivity index (χ3v) is 9.57. The van der Waals surface area contributed by atoms with Gasteiger partial charge in [-0.05, 0) is 44.7 Å². The average molecular weight is 615 g/mol. The summed E-state index contributed by atoms with van der Waals surface area (Å²) in [7, 11) is 1.64. The SMILES string of the molecule is CCCCCCCCCCCCN1C(=O)C(=Cc2c(C)c(C#N)c(=O)n(C)c2N2CCCC(C(=O)OCC)C2)SC1=S. The van der Waals surface area contributed by atoms with Gasteiger partial charge in [-0.15, -0.1) is 0 Å². The van der Waals surface area contributed by atoms with E-state index in [4.69, 9.17) is 17.0 Å². The summed E-state index contributed by atoms with van der Waals surface area (Å²) in [6.07, 6.45) is 15.5. The molecule has 2 saturated heterocycles. The molecular formula is C32H46N4O4S2. The second-order valence-electron chi connectivity index (χ2n) is 11.3. The highest BCUT2D eigenvalue weighted by Crippen LogP contribution is 2.37. The predicted molar refractivity (Wildman–Crippen MR) is 174 cm³/mol. The van der Waals surface area contributed by atoms with Crippen molar-refractivity contribution in [2.45, 2.75) is 97.8 Å². The Labute approximate surface area is 260 Å². The van der Waals surface area contributed by atoms with Gasteiger partial charge < -0.3 is 9.64 Å². The minimum Gasteiger partial charge on any atom is -0.466 e. The number of nitriles is 1. The fraction of sp³-hybridized carbons (Fsp3) is 0.656. The number of piperidine rings is 1. The number of esters is 1. The van der Waals surface area contributed by atoms with E-state index in [-0.39, 0.29) is 23.4 Å². The Morgan fingerprint density at radius 1 is 1.10 bits per heavy atom. The number of amides is 1. The summed E-state index contributed by atoms with van der Waals surface area (Å²) < 4.78 is 7.28.